The first-order valence-corrected chi connectivity index (χ1v) is 50.1. The zero-order chi connectivity index (χ0) is 86.4. The summed E-state index contributed by atoms with van der Waals surface area (Å²) in [6.45, 7) is 12.2. The Morgan fingerprint density at radius 1 is 0.417 bits per heavy atom. The Morgan fingerprint density at radius 2 is 0.783 bits per heavy atom. The number of rotatable bonds is 80. The molecule has 9 atom stereocenters. The SMILES string of the molecule is CCCCCCCCCCC[C@H](CC(=O)N[C@@H](COCc1ccccc1)CO[C@@H]1O[C@H](COP(=O)(Oc2ccccc2)Oc2ccccc2)[C@@H](O)[C@H](OC(=O)C[C@@H](CCCCCCCCCCC)C(=O)CCCCCCCCC)[C@H]1NC(=O)C[C@@H](CCCCCCCCCCC)OC(=O)CCCCCCCCC)OC(=O)CCCCCCCCC. The van der Waals surface area contributed by atoms with Crippen molar-refractivity contribution >= 4 is 43.3 Å². The van der Waals surface area contributed by atoms with Crippen molar-refractivity contribution in [1.82, 2.24) is 10.6 Å². The summed E-state index contributed by atoms with van der Waals surface area (Å²) < 4.78 is 72.9. The number of Topliss-reactive ketones (excluding diaryl/α,β-unsaturated/α-hetero) is 1. The standard InChI is InChI=1S/C100H167N2O17P/c1-7-13-19-25-31-34-40-43-54-66-84(90(103)73-61-46-37-28-22-16-10-4)76-96(108)117-99-97(102-93(105)78-89(72-56-45-42-36-33-27-21-15-9-3)115-95(107)75-63-48-39-30-24-18-12-6)100(116-91(98(99)109)82-113-120(110,118-86-67-57-50-58-68-86)119-87-69-59-51-60-70-87)112-81-85(80-111-79-83-64-52-49-53-65-83)101-92(104)77-88(71-55-44-41-35-32-26-20-14-8-2)114-94(106)74-62-47-38-29-23-17-11-5/h49-53,57-60,64-65,67-70,84-85,88-89,91,97-100,109H,7-48,54-56,61-63,66,71-82H2,1-6H3,(H,101,104)(H,102,105)/t84-,85+,88-,89-,91-,97-,98-,99-,100-/m1/s1. The van der Waals surface area contributed by atoms with Gasteiger partial charge in [-0.15, -0.1) is 0 Å². The lowest BCUT2D eigenvalue weighted by Crippen LogP contribution is -2.66. The van der Waals surface area contributed by atoms with Crippen LogP contribution in [0.5, 0.6) is 11.5 Å². The molecule has 0 saturated carbocycles. The number of amides is 2. The minimum absolute atomic E-state index is 0.0314. The fourth-order valence-electron chi connectivity index (χ4n) is 15.8. The molecule has 1 aliphatic rings. The van der Waals surface area contributed by atoms with E-state index < -0.39 is 93.0 Å². The van der Waals surface area contributed by atoms with Gasteiger partial charge in [-0.25, -0.2) is 4.57 Å². The van der Waals surface area contributed by atoms with Crippen molar-refractivity contribution in [3.63, 3.8) is 0 Å². The van der Waals surface area contributed by atoms with Crippen LogP contribution in [0.1, 0.15) is 413 Å². The summed E-state index contributed by atoms with van der Waals surface area (Å²) in [5.41, 5.74) is 0.872. The van der Waals surface area contributed by atoms with Crippen LogP contribution in [0.2, 0.25) is 0 Å². The maximum atomic E-state index is 15.4. The molecule has 3 aromatic carbocycles. The molecule has 0 unspecified atom stereocenters. The molecule has 20 heteroatoms. The highest BCUT2D eigenvalue weighted by atomic mass is 31.2. The Morgan fingerprint density at radius 3 is 1.20 bits per heavy atom. The van der Waals surface area contributed by atoms with Gasteiger partial charge in [0.15, 0.2) is 12.4 Å². The summed E-state index contributed by atoms with van der Waals surface area (Å²) in [5.74, 6) is -3.02. The van der Waals surface area contributed by atoms with Gasteiger partial charge in [0, 0.05) is 25.2 Å². The van der Waals surface area contributed by atoms with E-state index in [1.807, 2.05) is 30.3 Å². The molecule has 1 heterocycles. The number of carbonyl (C=O) groups is 6. The van der Waals surface area contributed by atoms with E-state index in [-0.39, 0.29) is 75.2 Å². The maximum absolute atomic E-state index is 15.4. The number of ether oxygens (including phenoxy) is 6. The first-order chi connectivity index (χ1) is 58.6. The molecule has 3 aromatic rings. The number of aliphatic hydroxyl groups excluding tert-OH is 1. The highest BCUT2D eigenvalue weighted by Crippen LogP contribution is 2.50. The average Bonchev–Trinajstić information content (AvgIpc) is 0.780. The molecule has 4 rings (SSSR count). The molecule has 0 radical (unpaired) electrons. The zero-order valence-corrected chi connectivity index (χ0v) is 76.8. The fourth-order valence-corrected chi connectivity index (χ4v) is 17.0. The molecule has 0 spiro atoms. The minimum Gasteiger partial charge on any atom is -0.462 e. The highest BCUT2D eigenvalue weighted by Gasteiger charge is 2.51. The zero-order valence-electron chi connectivity index (χ0n) is 75.9. The molecule has 19 nitrogen and oxygen atoms in total. The van der Waals surface area contributed by atoms with Crippen molar-refractivity contribution in [3.05, 3.63) is 96.6 Å². The van der Waals surface area contributed by atoms with Gasteiger partial charge in [-0.3, -0.25) is 33.3 Å². The van der Waals surface area contributed by atoms with Crippen LogP contribution < -0.4 is 19.7 Å². The first-order valence-electron chi connectivity index (χ1n) is 48.6. The van der Waals surface area contributed by atoms with Gasteiger partial charge in [0.2, 0.25) is 11.8 Å². The molecule has 0 bridgehead atoms. The molecule has 1 saturated heterocycles. The second kappa shape index (κ2) is 71.6. The molecule has 3 N–H and O–H groups in total. The molecule has 1 fully saturated rings. The minimum atomic E-state index is -4.72. The number of nitrogens with one attached hydrogen (secondary N) is 2. The number of ketones is 1. The lowest BCUT2D eigenvalue weighted by molar-refractivity contribution is -0.274. The normalized spacial score (nSPS) is 16.4. The van der Waals surface area contributed by atoms with E-state index in [0.717, 1.165) is 179 Å². The van der Waals surface area contributed by atoms with Crippen LogP contribution in [0, 0.1) is 5.92 Å². The van der Waals surface area contributed by atoms with Gasteiger partial charge in [0.1, 0.15) is 47.7 Å². The lowest BCUT2D eigenvalue weighted by Gasteiger charge is -2.44. The Labute approximate surface area is 727 Å². The van der Waals surface area contributed by atoms with Crippen LogP contribution in [0.25, 0.3) is 0 Å². The van der Waals surface area contributed by atoms with Gasteiger partial charge in [-0.1, -0.05) is 384 Å². The third-order valence-electron chi connectivity index (χ3n) is 23.0. The lowest BCUT2D eigenvalue weighted by atomic mass is 9.90. The van der Waals surface area contributed by atoms with E-state index >= 15 is 14.2 Å². The number of phosphoric ester groups is 1. The number of para-hydroxylation sites is 2. The van der Waals surface area contributed by atoms with E-state index in [2.05, 4.69) is 52.2 Å². The summed E-state index contributed by atoms with van der Waals surface area (Å²) in [6, 6.07) is 23.8. The van der Waals surface area contributed by atoms with Gasteiger partial charge >= 0.3 is 25.7 Å². The van der Waals surface area contributed by atoms with E-state index in [4.69, 9.17) is 42.0 Å². The fraction of sp³-hybridized carbons (Fsp3) is 0.760. The smallest absolute Gasteiger partial charge is 0.462 e. The first kappa shape index (κ1) is 107. The monoisotopic (exact) mass is 1700 g/mol. The number of hydrogen-bond donors (Lipinski definition) is 3. The van der Waals surface area contributed by atoms with E-state index in [1.165, 1.54) is 109 Å². The maximum Gasteiger partial charge on any atom is 0.587 e. The van der Waals surface area contributed by atoms with Crippen molar-refractivity contribution < 1.29 is 80.4 Å². The predicted molar refractivity (Wildman–Crippen MR) is 484 cm³/mol. The number of phosphoric acid groups is 1. The highest BCUT2D eigenvalue weighted by molar-refractivity contribution is 7.49. The summed E-state index contributed by atoms with van der Waals surface area (Å²) in [7, 11) is -4.72. The van der Waals surface area contributed by atoms with Gasteiger partial charge < -0.3 is 53.2 Å². The molecule has 1 aliphatic heterocycles. The number of esters is 3. The molecule has 2 amide bonds. The summed E-state index contributed by atoms with van der Waals surface area (Å²) in [5, 5.41) is 19.4. The molecule has 120 heavy (non-hydrogen) atoms. The topological polar surface area (TPSA) is 247 Å². The van der Waals surface area contributed by atoms with Crippen molar-refractivity contribution in [2.45, 2.75) is 463 Å². The van der Waals surface area contributed by atoms with Gasteiger partial charge in [-0.2, -0.15) is 0 Å². The van der Waals surface area contributed by atoms with Crippen molar-refractivity contribution in [3.8, 4) is 11.5 Å². The van der Waals surface area contributed by atoms with Crippen LogP contribution in [0.4, 0.5) is 0 Å². The summed E-state index contributed by atoms with van der Waals surface area (Å²) in [4.78, 5) is 87.9. The summed E-state index contributed by atoms with van der Waals surface area (Å²) in [6.07, 6.45) is 43.6. The summed E-state index contributed by atoms with van der Waals surface area (Å²) >= 11 is 0. The largest absolute Gasteiger partial charge is 0.587 e. The van der Waals surface area contributed by atoms with Crippen LogP contribution in [-0.2, 0) is 72.9 Å². The van der Waals surface area contributed by atoms with Gasteiger partial charge in [-0.05, 0) is 81.2 Å². The second-order valence-electron chi connectivity index (χ2n) is 34.2. The van der Waals surface area contributed by atoms with Gasteiger partial charge in [0.25, 0.3) is 0 Å². The van der Waals surface area contributed by atoms with Gasteiger partial charge in [0.05, 0.1) is 51.7 Å². The third kappa shape index (κ3) is 53.5. The second-order valence-corrected chi connectivity index (χ2v) is 35.7. The number of unbranched alkanes of at least 4 members (excludes halogenated alkanes) is 42. The third-order valence-corrected chi connectivity index (χ3v) is 24.4. The van der Waals surface area contributed by atoms with E-state index in [9.17, 15) is 24.3 Å². The van der Waals surface area contributed by atoms with Crippen molar-refractivity contribution in [1.29, 1.82) is 0 Å². The number of benzene rings is 3. The molecule has 0 aromatic heterocycles. The molecular formula is C100H167N2O17P. The predicted octanol–water partition coefficient (Wildman–Crippen LogP) is 25.8. The average molecular weight is 1700 g/mol. The quantitative estimate of drug-likeness (QED) is 0.0206. The number of aliphatic hydroxyl groups is 1. The van der Waals surface area contributed by atoms with Crippen LogP contribution in [0.3, 0.4) is 0 Å². The number of carbonyl (C=O) groups excluding carboxylic acids is 6. The van der Waals surface area contributed by atoms with E-state index in [1.54, 1.807) is 60.7 Å². The van der Waals surface area contributed by atoms with Crippen LogP contribution in [0.15, 0.2) is 91.0 Å². The Kier molecular flexibility index (Phi) is 63.6. The Hall–Kier alpha value is -5.69. The van der Waals surface area contributed by atoms with E-state index in [0.29, 0.717) is 51.4 Å². The van der Waals surface area contributed by atoms with Crippen LogP contribution in [-0.4, -0.2) is 109 Å². The number of hydrogen-bond acceptors (Lipinski definition) is 17. The Balaban J connectivity index is 1.86. The molecule has 0 aliphatic carbocycles. The van der Waals surface area contributed by atoms with Crippen LogP contribution >= 0.6 is 7.82 Å². The van der Waals surface area contributed by atoms with Crippen molar-refractivity contribution in [2.75, 3.05) is 19.8 Å². The molecular weight excluding hydrogens is 1530 g/mol. The van der Waals surface area contributed by atoms with Crippen molar-refractivity contribution in [2.24, 2.45) is 5.92 Å². The molecule has 684 valence electrons. The Bertz CT molecular complexity index is 3010.